The molecular formula is C22H21N3O3S. The number of amides is 1. The van der Waals surface area contributed by atoms with E-state index in [4.69, 9.17) is 9.15 Å². The first-order chi connectivity index (χ1) is 14.0. The van der Waals surface area contributed by atoms with Crippen molar-refractivity contribution in [2.24, 2.45) is 0 Å². The van der Waals surface area contributed by atoms with Crippen molar-refractivity contribution < 1.29 is 13.9 Å². The van der Waals surface area contributed by atoms with Crippen LogP contribution in [0.2, 0.25) is 0 Å². The molecule has 0 N–H and O–H groups in total. The van der Waals surface area contributed by atoms with Gasteiger partial charge in [-0.05, 0) is 37.6 Å². The van der Waals surface area contributed by atoms with Crippen LogP contribution in [0.15, 0.2) is 47.1 Å². The van der Waals surface area contributed by atoms with Gasteiger partial charge in [0.05, 0.1) is 23.9 Å². The highest BCUT2D eigenvalue weighted by atomic mass is 32.1. The number of ether oxygens (including phenoxy) is 1. The van der Waals surface area contributed by atoms with Gasteiger partial charge < -0.3 is 14.1 Å². The highest BCUT2D eigenvalue weighted by Crippen LogP contribution is 2.34. The first kappa shape index (κ1) is 19.1. The van der Waals surface area contributed by atoms with Crippen molar-refractivity contribution in [3.63, 3.8) is 0 Å². The van der Waals surface area contributed by atoms with Crippen LogP contribution in [0.5, 0.6) is 5.75 Å². The Balaban J connectivity index is 1.69. The number of hydrogen-bond acceptors (Lipinski definition) is 6. The fraction of sp³-hybridized carbons (Fsp3) is 0.227. The van der Waals surface area contributed by atoms with Crippen LogP contribution < -0.4 is 4.74 Å². The summed E-state index contributed by atoms with van der Waals surface area (Å²) in [5.74, 6) is 1.87. The number of carbonyl (C=O) groups is 1. The van der Waals surface area contributed by atoms with Gasteiger partial charge in [0.15, 0.2) is 11.6 Å². The quantitative estimate of drug-likeness (QED) is 0.473. The summed E-state index contributed by atoms with van der Waals surface area (Å²) in [5.41, 5.74) is 2.70. The predicted octanol–water partition coefficient (Wildman–Crippen LogP) is 4.85. The Morgan fingerprint density at radius 1 is 1.17 bits per heavy atom. The third-order valence-electron chi connectivity index (χ3n) is 4.85. The lowest BCUT2D eigenvalue weighted by Crippen LogP contribution is -2.26. The van der Waals surface area contributed by atoms with Crippen molar-refractivity contribution in [1.82, 2.24) is 14.9 Å². The number of fused-ring (bicyclic) bond motifs is 1. The summed E-state index contributed by atoms with van der Waals surface area (Å²) < 4.78 is 10.8. The Kier molecular flexibility index (Phi) is 5.07. The number of furan rings is 1. The molecule has 1 aromatic carbocycles. The van der Waals surface area contributed by atoms with E-state index in [0.29, 0.717) is 23.0 Å². The zero-order chi connectivity index (χ0) is 20.5. The van der Waals surface area contributed by atoms with Gasteiger partial charge in [0, 0.05) is 24.5 Å². The van der Waals surface area contributed by atoms with Crippen LogP contribution in [0.25, 0.3) is 21.8 Å². The number of benzene rings is 1. The number of aryl methyl sites for hydroxylation is 2. The van der Waals surface area contributed by atoms with Gasteiger partial charge in [0.2, 0.25) is 0 Å². The highest BCUT2D eigenvalue weighted by Gasteiger charge is 2.23. The maximum absolute atomic E-state index is 13.2. The molecule has 0 unspecified atom stereocenters. The molecule has 0 atom stereocenters. The van der Waals surface area contributed by atoms with Crippen LogP contribution in [-0.4, -0.2) is 34.9 Å². The van der Waals surface area contributed by atoms with E-state index in [2.05, 4.69) is 9.97 Å². The van der Waals surface area contributed by atoms with E-state index in [0.717, 1.165) is 32.8 Å². The normalized spacial score (nSPS) is 11.0. The molecule has 0 bridgehead atoms. The lowest BCUT2D eigenvalue weighted by atomic mass is 10.1. The van der Waals surface area contributed by atoms with Crippen molar-refractivity contribution in [3.8, 4) is 17.3 Å². The maximum atomic E-state index is 13.2. The average molecular weight is 407 g/mol. The molecule has 1 amide bonds. The molecule has 7 heteroatoms. The highest BCUT2D eigenvalue weighted by molar-refractivity contribution is 7.20. The first-order valence-electron chi connectivity index (χ1n) is 9.18. The second-order valence-corrected chi connectivity index (χ2v) is 7.82. The zero-order valence-corrected chi connectivity index (χ0v) is 17.5. The Morgan fingerprint density at radius 3 is 2.69 bits per heavy atom. The van der Waals surface area contributed by atoms with E-state index in [1.165, 1.54) is 11.3 Å². The fourth-order valence-corrected chi connectivity index (χ4v) is 4.62. The van der Waals surface area contributed by atoms with E-state index in [1.54, 1.807) is 31.4 Å². The second kappa shape index (κ2) is 7.67. The number of nitrogens with zero attached hydrogens (tertiary/aromatic N) is 3. The Labute approximate surface area is 172 Å². The van der Waals surface area contributed by atoms with Crippen LogP contribution in [0, 0.1) is 13.8 Å². The van der Waals surface area contributed by atoms with Crippen molar-refractivity contribution >= 4 is 27.5 Å². The Bertz CT molecular complexity index is 1180. The summed E-state index contributed by atoms with van der Waals surface area (Å²) in [5, 5.41) is 0.930. The van der Waals surface area contributed by atoms with Gasteiger partial charge >= 0.3 is 0 Å². The van der Waals surface area contributed by atoms with E-state index in [-0.39, 0.29) is 5.91 Å². The van der Waals surface area contributed by atoms with Crippen molar-refractivity contribution in [2.45, 2.75) is 20.4 Å². The number of hydrogen-bond donors (Lipinski definition) is 0. The number of thiophene rings is 1. The molecule has 4 aromatic rings. The van der Waals surface area contributed by atoms with E-state index < -0.39 is 0 Å². The molecule has 0 aliphatic heterocycles. The van der Waals surface area contributed by atoms with E-state index in [1.807, 2.05) is 44.2 Å². The number of carbonyl (C=O) groups excluding carboxylic acids is 1. The average Bonchev–Trinajstić information content (AvgIpc) is 3.36. The molecule has 0 aliphatic rings. The SMILES string of the molecule is COc1ccccc1CN(C)C(=O)c1sc2nc(-c3ccco3)nc(C)c2c1C. The van der Waals surface area contributed by atoms with E-state index in [9.17, 15) is 4.79 Å². The topological polar surface area (TPSA) is 68.5 Å². The molecule has 6 nitrogen and oxygen atoms in total. The molecule has 3 aromatic heterocycles. The summed E-state index contributed by atoms with van der Waals surface area (Å²) in [7, 11) is 3.43. The van der Waals surface area contributed by atoms with Gasteiger partial charge in [-0.3, -0.25) is 4.79 Å². The second-order valence-electron chi connectivity index (χ2n) is 6.82. The molecule has 0 aliphatic carbocycles. The fourth-order valence-electron chi connectivity index (χ4n) is 3.39. The van der Waals surface area contributed by atoms with Crippen molar-refractivity contribution in [3.05, 3.63) is 64.4 Å². The molecule has 0 spiro atoms. The van der Waals surface area contributed by atoms with Crippen LogP contribution in [0.1, 0.15) is 26.5 Å². The minimum atomic E-state index is -0.0460. The van der Waals surface area contributed by atoms with Crippen molar-refractivity contribution in [1.29, 1.82) is 0 Å². The smallest absolute Gasteiger partial charge is 0.264 e. The molecule has 3 heterocycles. The zero-order valence-electron chi connectivity index (χ0n) is 16.7. The number of rotatable bonds is 5. The molecule has 0 saturated heterocycles. The maximum Gasteiger partial charge on any atom is 0.264 e. The number of aromatic nitrogens is 2. The van der Waals surface area contributed by atoms with Gasteiger partial charge in [-0.25, -0.2) is 9.97 Å². The standard InChI is InChI=1S/C22H21N3O3S/c1-13-18-14(2)23-20(17-10-7-11-28-17)24-21(18)29-19(13)22(26)25(3)12-15-8-5-6-9-16(15)27-4/h5-11H,12H2,1-4H3. The summed E-state index contributed by atoms with van der Waals surface area (Å²) >= 11 is 1.39. The molecule has 29 heavy (non-hydrogen) atoms. The lowest BCUT2D eigenvalue weighted by Gasteiger charge is -2.18. The molecule has 148 valence electrons. The van der Waals surface area contributed by atoms with Crippen LogP contribution in [-0.2, 0) is 6.54 Å². The summed E-state index contributed by atoms with van der Waals surface area (Å²) in [4.78, 5) is 25.6. The first-order valence-corrected chi connectivity index (χ1v) is 10.00. The molecule has 0 radical (unpaired) electrons. The number of methoxy groups -OCH3 is 1. The van der Waals surface area contributed by atoms with Gasteiger partial charge in [0.25, 0.3) is 5.91 Å². The van der Waals surface area contributed by atoms with Gasteiger partial charge in [-0.15, -0.1) is 11.3 Å². The van der Waals surface area contributed by atoms with Crippen LogP contribution in [0.3, 0.4) is 0 Å². The lowest BCUT2D eigenvalue weighted by molar-refractivity contribution is 0.0788. The number of para-hydroxylation sites is 1. The van der Waals surface area contributed by atoms with Crippen LogP contribution >= 0.6 is 11.3 Å². The summed E-state index contributed by atoms with van der Waals surface area (Å²) in [6, 6.07) is 11.3. The minimum absolute atomic E-state index is 0.0460. The van der Waals surface area contributed by atoms with E-state index >= 15 is 0 Å². The molecule has 0 fully saturated rings. The monoisotopic (exact) mass is 407 g/mol. The third kappa shape index (κ3) is 3.49. The summed E-state index contributed by atoms with van der Waals surface area (Å²) in [6.07, 6.45) is 1.60. The van der Waals surface area contributed by atoms with Gasteiger partial charge in [-0.1, -0.05) is 18.2 Å². The molecular weight excluding hydrogens is 386 g/mol. The van der Waals surface area contributed by atoms with Crippen LogP contribution in [0.4, 0.5) is 0 Å². The Hall–Kier alpha value is -3.19. The predicted molar refractivity (Wildman–Crippen MR) is 113 cm³/mol. The minimum Gasteiger partial charge on any atom is -0.496 e. The largest absolute Gasteiger partial charge is 0.496 e. The third-order valence-corrected chi connectivity index (χ3v) is 6.03. The van der Waals surface area contributed by atoms with Gasteiger partial charge in [-0.2, -0.15) is 0 Å². The molecule has 0 saturated carbocycles. The summed E-state index contributed by atoms with van der Waals surface area (Å²) in [6.45, 7) is 4.34. The Morgan fingerprint density at radius 2 is 1.97 bits per heavy atom. The molecule has 4 rings (SSSR count). The van der Waals surface area contributed by atoms with Gasteiger partial charge in [0.1, 0.15) is 10.6 Å². The van der Waals surface area contributed by atoms with Crippen molar-refractivity contribution in [2.75, 3.05) is 14.2 Å².